The Morgan fingerprint density at radius 1 is 1.45 bits per heavy atom. The molecule has 4 nitrogen and oxygen atoms in total. The van der Waals surface area contributed by atoms with Crippen LogP contribution >= 0.6 is 11.6 Å². The molecule has 2 rings (SSSR count). The van der Waals surface area contributed by atoms with Crippen molar-refractivity contribution in [1.82, 2.24) is 14.5 Å². The Hall–Kier alpha value is -1.69. The number of hydrogen-bond donors (Lipinski definition) is 0. The molecule has 0 N–H and O–H groups in total. The maximum Gasteiger partial charge on any atom is 0.242 e. The van der Waals surface area contributed by atoms with Crippen LogP contribution < -0.4 is 0 Å². The van der Waals surface area contributed by atoms with E-state index in [0.717, 1.165) is 12.1 Å². The first-order valence-electron chi connectivity index (χ1n) is 6.00. The number of fused-ring (bicyclic) bond motifs is 1. The molecule has 0 saturated carbocycles. The fourth-order valence-corrected chi connectivity index (χ4v) is 2.08. The molecule has 108 valence electrons. The third-order valence-electron chi connectivity index (χ3n) is 2.95. The van der Waals surface area contributed by atoms with Crippen LogP contribution in [0.2, 0.25) is 0 Å². The van der Waals surface area contributed by atoms with E-state index in [4.69, 9.17) is 11.6 Å². The van der Waals surface area contributed by atoms with Gasteiger partial charge in [-0.05, 0) is 13.0 Å². The van der Waals surface area contributed by atoms with Crippen LogP contribution in [0, 0.1) is 11.6 Å². The number of carbonyl (C=O) groups excluding carboxylic acids is 1. The highest BCUT2D eigenvalue weighted by Crippen LogP contribution is 2.27. The van der Waals surface area contributed by atoms with E-state index in [1.165, 1.54) is 9.47 Å². The molecule has 0 saturated heterocycles. The summed E-state index contributed by atoms with van der Waals surface area (Å²) in [5, 5.41) is -0.528. The number of hydrogen-bond acceptors (Lipinski definition) is 2. The molecule has 1 atom stereocenters. The monoisotopic (exact) mass is 301 g/mol. The molecular formula is C13H14ClF2N3O. The van der Waals surface area contributed by atoms with Crippen LogP contribution in [-0.2, 0) is 11.3 Å². The molecule has 20 heavy (non-hydrogen) atoms. The molecule has 7 heteroatoms. The van der Waals surface area contributed by atoms with Gasteiger partial charge in [0.15, 0.2) is 5.82 Å². The zero-order valence-electron chi connectivity index (χ0n) is 11.3. The molecule has 1 amide bonds. The average molecular weight is 302 g/mol. The largest absolute Gasteiger partial charge is 0.347 e. The summed E-state index contributed by atoms with van der Waals surface area (Å²) in [6.07, 6.45) is 0. The first-order valence-corrected chi connectivity index (χ1v) is 6.44. The van der Waals surface area contributed by atoms with E-state index in [1.54, 1.807) is 21.0 Å². The van der Waals surface area contributed by atoms with E-state index in [0.29, 0.717) is 5.82 Å². The second kappa shape index (κ2) is 5.36. The Bertz CT molecular complexity index is 667. The quantitative estimate of drug-likeness (QED) is 0.818. The Kier molecular flexibility index (Phi) is 3.94. The van der Waals surface area contributed by atoms with E-state index in [9.17, 15) is 13.6 Å². The predicted molar refractivity (Wildman–Crippen MR) is 72.6 cm³/mol. The van der Waals surface area contributed by atoms with Gasteiger partial charge in [-0.15, -0.1) is 11.6 Å². The van der Waals surface area contributed by atoms with E-state index in [-0.39, 0.29) is 23.5 Å². The van der Waals surface area contributed by atoms with Crippen molar-refractivity contribution in [3.05, 3.63) is 29.6 Å². The van der Waals surface area contributed by atoms with Gasteiger partial charge in [-0.25, -0.2) is 13.8 Å². The summed E-state index contributed by atoms with van der Waals surface area (Å²) in [6, 6.07) is 1.91. The Balaban J connectivity index is 2.65. The number of rotatable bonds is 3. The Labute approximate surface area is 119 Å². The van der Waals surface area contributed by atoms with Crippen molar-refractivity contribution in [3.63, 3.8) is 0 Å². The van der Waals surface area contributed by atoms with Gasteiger partial charge in [-0.1, -0.05) is 0 Å². The van der Waals surface area contributed by atoms with Gasteiger partial charge in [0.05, 0.1) is 10.9 Å². The summed E-state index contributed by atoms with van der Waals surface area (Å²) in [7, 11) is 3.21. The second-order valence-electron chi connectivity index (χ2n) is 4.72. The lowest BCUT2D eigenvalue weighted by molar-refractivity contribution is -0.129. The van der Waals surface area contributed by atoms with Crippen LogP contribution in [0.3, 0.4) is 0 Å². The minimum absolute atomic E-state index is 0.0143. The van der Waals surface area contributed by atoms with Gasteiger partial charge in [0, 0.05) is 20.2 Å². The third kappa shape index (κ3) is 2.60. The number of alkyl halides is 1. The van der Waals surface area contributed by atoms with Gasteiger partial charge >= 0.3 is 0 Å². The highest BCUT2D eigenvalue weighted by atomic mass is 35.5. The molecular weight excluding hydrogens is 288 g/mol. The summed E-state index contributed by atoms with van der Waals surface area (Å²) in [6.45, 7) is 1.59. The SMILES string of the molecule is CC(Cl)c1nc2c(F)cc(F)cc2n1CC(=O)N(C)C. The molecule has 1 aromatic heterocycles. The van der Waals surface area contributed by atoms with E-state index in [2.05, 4.69) is 4.98 Å². The maximum atomic E-state index is 13.7. The molecule has 0 spiro atoms. The van der Waals surface area contributed by atoms with Crippen LogP contribution in [0.15, 0.2) is 12.1 Å². The lowest BCUT2D eigenvalue weighted by atomic mass is 10.3. The maximum absolute atomic E-state index is 13.7. The van der Waals surface area contributed by atoms with Gasteiger partial charge in [0.2, 0.25) is 5.91 Å². The first-order chi connectivity index (χ1) is 9.31. The molecule has 1 heterocycles. The Morgan fingerprint density at radius 2 is 2.10 bits per heavy atom. The molecule has 0 fully saturated rings. The van der Waals surface area contributed by atoms with Crippen molar-refractivity contribution in [2.75, 3.05) is 14.1 Å². The van der Waals surface area contributed by atoms with E-state index in [1.807, 2.05) is 0 Å². The zero-order valence-corrected chi connectivity index (χ0v) is 12.1. The van der Waals surface area contributed by atoms with Gasteiger partial charge in [0.25, 0.3) is 0 Å². The average Bonchev–Trinajstić information content (AvgIpc) is 2.68. The highest BCUT2D eigenvalue weighted by molar-refractivity contribution is 6.20. The van der Waals surface area contributed by atoms with Gasteiger partial charge in [0.1, 0.15) is 23.7 Å². The van der Waals surface area contributed by atoms with Crippen molar-refractivity contribution in [2.24, 2.45) is 0 Å². The number of carbonyl (C=O) groups is 1. The number of nitrogens with zero attached hydrogens (tertiary/aromatic N) is 3. The zero-order chi connectivity index (χ0) is 15.0. The number of imidazole rings is 1. The summed E-state index contributed by atoms with van der Waals surface area (Å²) >= 11 is 6.01. The number of aromatic nitrogens is 2. The summed E-state index contributed by atoms with van der Waals surface area (Å²) in [5.74, 6) is -1.37. The predicted octanol–water partition coefficient (Wildman–Crippen LogP) is 2.70. The molecule has 0 aliphatic rings. The molecule has 2 aromatic rings. The fraction of sp³-hybridized carbons (Fsp3) is 0.385. The minimum atomic E-state index is -0.769. The molecule has 1 aromatic carbocycles. The van der Waals surface area contributed by atoms with Gasteiger partial charge in [-0.2, -0.15) is 0 Å². The Morgan fingerprint density at radius 3 is 2.65 bits per heavy atom. The topological polar surface area (TPSA) is 38.1 Å². The second-order valence-corrected chi connectivity index (χ2v) is 5.37. The van der Waals surface area contributed by atoms with Crippen LogP contribution in [0.4, 0.5) is 8.78 Å². The lowest BCUT2D eigenvalue weighted by Crippen LogP contribution is -2.27. The minimum Gasteiger partial charge on any atom is -0.347 e. The lowest BCUT2D eigenvalue weighted by Gasteiger charge is -2.14. The molecule has 1 unspecified atom stereocenters. The number of likely N-dealkylation sites (N-methyl/N-ethyl adjacent to an activating group) is 1. The number of amides is 1. The molecule has 0 aliphatic carbocycles. The third-order valence-corrected chi connectivity index (χ3v) is 3.14. The van der Waals surface area contributed by atoms with Crippen LogP contribution in [-0.4, -0.2) is 34.5 Å². The van der Waals surface area contributed by atoms with Crippen LogP contribution in [0.5, 0.6) is 0 Å². The fourth-order valence-electron chi connectivity index (χ4n) is 1.91. The normalized spacial score (nSPS) is 12.7. The van der Waals surface area contributed by atoms with Crippen LogP contribution in [0.25, 0.3) is 11.0 Å². The van der Waals surface area contributed by atoms with Crippen molar-refractivity contribution < 1.29 is 13.6 Å². The molecule has 0 aliphatic heterocycles. The highest BCUT2D eigenvalue weighted by Gasteiger charge is 2.20. The number of benzene rings is 1. The van der Waals surface area contributed by atoms with Crippen molar-refractivity contribution in [3.8, 4) is 0 Å². The summed E-state index contributed by atoms with van der Waals surface area (Å²) < 4.78 is 28.6. The van der Waals surface area contributed by atoms with Gasteiger partial charge in [-0.3, -0.25) is 4.79 Å². The van der Waals surface area contributed by atoms with Gasteiger partial charge < -0.3 is 9.47 Å². The molecule has 0 bridgehead atoms. The van der Waals surface area contributed by atoms with E-state index >= 15 is 0 Å². The van der Waals surface area contributed by atoms with Crippen molar-refractivity contribution in [1.29, 1.82) is 0 Å². The van der Waals surface area contributed by atoms with E-state index < -0.39 is 17.0 Å². The number of halogens is 3. The van der Waals surface area contributed by atoms with Crippen molar-refractivity contribution >= 4 is 28.5 Å². The smallest absolute Gasteiger partial charge is 0.242 e. The van der Waals surface area contributed by atoms with Crippen LogP contribution in [0.1, 0.15) is 18.1 Å². The standard InChI is InChI=1S/C13H14ClF2N3O/c1-7(14)13-17-12-9(16)4-8(15)5-10(12)19(13)6-11(20)18(2)3/h4-5,7H,6H2,1-3H3. The first kappa shape index (κ1) is 14.7. The van der Waals surface area contributed by atoms with Crippen molar-refractivity contribution in [2.45, 2.75) is 18.8 Å². The summed E-state index contributed by atoms with van der Waals surface area (Å²) in [4.78, 5) is 17.3. The molecule has 0 radical (unpaired) electrons. The summed E-state index contributed by atoms with van der Waals surface area (Å²) in [5.41, 5.74) is 0.237.